The van der Waals surface area contributed by atoms with Gasteiger partial charge in [-0.15, -0.1) is 0 Å². The van der Waals surface area contributed by atoms with E-state index in [0.717, 1.165) is 0 Å². The summed E-state index contributed by atoms with van der Waals surface area (Å²) < 4.78 is 69.9. The van der Waals surface area contributed by atoms with E-state index in [1.807, 2.05) is 0 Å². The van der Waals surface area contributed by atoms with Gasteiger partial charge in [0.05, 0.1) is 6.61 Å². The fourth-order valence-corrected chi connectivity index (χ4v) is 1.49. The van der Waals surface area contributed by atoms with Crippen molar-refractivity contribution in [3.05, 3.63) is 34.6 Å². The number of benzene rings is 1. The maximum Gasteiger partial charge on any atom is 0.200 e. The molecule has 0 unspecified atom stereocenters. The van der Waals surface area contributed by atoms with E-state index in [2.05, 4.69) is 10.6 Å². The second-order valence-corrected chi connectivity index (χ2v) is 3.97. The molecular weight excluding hydrogens is 283 g/mol. The maximum atomic E-state index is 13.3. The summed E-state index contributed by atoms with van der Waals surface area (Å²) in [5.74, 6) is -9.62. The van der Waals surface area contributed by atoms with Crippen molar-refractivity contribution in [2.24, 2.45) is 0 Å². The Kier molecular flexibility index (Phi) is 6.83. The smallest absolute Gasteiger partial charge is 0.200 e. The molecule has 0 atom stereocenters. The van der Waals surface area contributed by atoms with E-state index in [1.54, 1.807) is 7.11 Å². The van der Waals surface area contributed by atoms with Gasteiger partial charge in [0.25, 0.3) is 0 Å². The Labute approximate surface area is 113 Å². The molecule has 8 heteroatoms. The predicted molar refractivity (Wildman–Crippen MR) is 62.7 cm³/mol. The Morgan fingerprint density at radius 2 is 1.25 bits per heavy atom. The van der Waals surface area contributed by atoms with E-state index in [0.29, 0.717) is 26.2 Å². The molecule has 20 heavy (non-hydrogen) atoms. The Balaban J connectivity index is 2.52. The van der Waals surface area contributed by atoms with Gasteiger partial charge in [-0.3, -0.25) is 0 Å². The molecule has 0 spiro atoms. The monoisotopic (exact) mass is 298 g/mol. The molecule has 114 valence electrons. The minimum atomic E-state index is -2.15. The first-order valence-electron chi connectivity index (χ1n) is 5.91. The first-order valence-corrected chi connectivity index (χ1v) is 5.91. The fraction of sp³-hybridized carbons (Fsp3) is 0.500. The largest absolute Gasteiger partial charge is 0.383 e. The number of rotatable bonds is 8. The van der Waals surface area contributed by atoms with Gasteiger partial charge in [-0.2, -0.15) is 0 Å². The quantitative estimate of drug-likeness (QED) is 0.332. The topological polar surface area (TPSA) is 33.3 Å². The third-order valence-electron chi connectivity index (χ3n) is 2.56. The van der Waals surface area contributed by atoms with Crippen molar-refractivity contribution in [3.8, 4) is 0 Å². The van der Waals surface area contributed by atoms with E-state index >= 15 is 0 Å². The molecule has 0 saturated carbocycles. The van der Waals surface area contributed by atoms with Gasteiger partial charge in [0, 0.05) is 38.9 Å². The Hall–Kier alpha value is -1.25. The van der Waals surface area contributed by atoms with Crippen LogP contribution in [0, 0.1) is 29.1 Å². The van der Waals surface area contributed by atoms with Crippen molar-refractivity contribution in [1.29, 1.82) is 0 Å². The molecule has 0 radical (unpaired) electrons. The van der Waals surface area contributed by atoms with E-state index in [1.165, 1.54) is 0 Å². The van der Waals surface area contributed by atoms with Crippen LogP contribution in [-0.2, 0) is 11.3 Å². The minimum Gasteiger partial charge on any atom is -0.383 e. The van der Waals surface area contributed by atoms with Crippen LogP contribution < -0.4 is 10.6 Å². The molecule has 0 aromatic heterocycles. The van der Waals surface area contributed by atoms with Gasteiger partial charge in [-0.05, 0) is 0 Å². The van der Waals surface area contributed by atoms with Crippen LogP contribution >= 0.6 is 0 Å². The van der Waals surface area contributed by atoms with Crippen molar-refractivity contribution in [2.75, 3.05) is 33.4 Å². The summed E-state index contributed by atoms with van der Waals surface area (Å²) in [4.78, 5) is 0. The van der Waals surface area contributed by atoms with Crippen LogP contribution in [0.4, 0.5) is 22.0 Å². The van der Waals surface area contributed by atoms with Gasteiger partial charge in [-0.1, -0.05) is 0 Å². The van der Waals surface area contributed by atoms with E-state index in [4.69, 9.17) is 4.74 Å². The summed E-state index contributed by atoms with van der Waals surface area (Å²) in [6, 6.07) is 0. The van der Waals surface area contributed by atoms with Crippen molar-refractivity contribution in [3.63, 3.8) is 0 Å². The van der Waals surface area contributed by atoms with Crippen LogP contribution in [0.15, 0.2) is 0 Å². The summed E-state index contributed by atoms with van der Waals surface area (Å²) in [6.45, 7) is 1.44. The molecule has 0 amide bonds. The molecule has 2 N–H and O–H groups in total. The van der Waals surface area contributed by atoms with Crippen molar-refractivity contribution in [1.82, 2.24) is 10.6 Å². The van der Waals surface area contributed by atoms with Gasteiger partial charge in [0.1, 0.15) is 0 Å². The summed E-state index contributed by atoms with van der Waals surface area (Å²) in [5, 5.41) is 5.55. The third-order valence-corrected chi connectivity index (χ3v) is 2.56. The number of ether oxygens (including phenoxy) is 1. The Morgan fingerprint density at radius 3 is 1.80 bits per heavy atom. The van der Waals surface area contributed by atoms with Crippen LogP contribution in [0.1, 0.15) is 5.56 Å². The highest BCUT2D eigenvalue weighted by Crippen LogP contribution is 2.22. The summed E-state index contributed by atoms with van der Waals surface area (Å²) in [7, 11) is 1.54. The van der Waals surface area contributed by atoms with Gasteiger partial charge in [-0.25, -0.2) is 22.0 Å². The third kappa shape index (κ3) is 4.12. The van der Waals surface area contributed by atoms with Gasteiger partial charge >= 0.3 is 0 Å². The molecule has 0 aliphatic rings. The molecule has 0 aliphatic heterocycles. The summed E-state index contributed by atoms with van der Waals surface area (Å²) in [5.41, 5.74) is -0.863. The van der Waals surface area contributed by atoms with Crippen LogP contribution in [-0.4, -0.2) is 33.4 Å². The van der Waals surface area contributed by atoms with E-state index in [-0.39, 0.29) is 0 Å². The Bertz CT molecular complexity index is 427. The zero-order valence-electron chi connectivity index (χ0n) is 10.8. The molecule has 1 aromatic carbocycles. The normalized spacial score (nSPS) is 11.1. The molecule has 0 saturated heterocycles. The number of methoxy groups -OCH3 is 1. The zero-order valence-corrected chi connectivity index (χ0v) is 10.8. The summed E-state index contributed by atoms with van der Waals surface area (Å²) in [6.07, 6.45) is 0. The maximum absolute atomic E-state index is 13.3. The molecule has 1 rings (SSSR count). The number of hydrogen-bond acceptors (Lipinski definition) is 3. The Morgan fingerprint density at radius 1 is 0.750 bits per heavy atom. The number of halogens is 5. The molecule has 3 nitrogen and oxygen atoms in total. The van der Waals surface area contributed by atoms with Crippen molar-refractivity contribution >= 4 is 0 Å². The minimum absolute atomic E-state index is 0.309. The predicted octanol–water partition coefficient (Wildman–Crippen LogP) is 1.71. The summed E-state index contributed by atoms with van der Waals surface area (Å²) >= 11 is 0. The lowest BCUT2D eigenvalue weighted by atomic mass is 10.1. The average Bonchev–Trinajstić information content (AvgIpc) is 2.45. The molecule has 0 bridgehead atoms. The SMILES string of the molecule is COCCNCCNCc1c(F)c(F)c(F)c(F)c1F. The average molecular weight is 298 g/mol. The van der Waals surface area contributed by atoms with Crippen molar-refractivity contribution < 1.29 is 26.7 Å². The number of nitrogens with one attached hydrogen (secondary N) is 2. The highest BCUT2D eigenvalue weighted by molar-refractivity contribution is 5.23. The highest BCUT2D eigenvalue weighted by atomic mass is 19.2. The van der Waals surface area contributed by atoms with Crippen LogP contribution in [0.25, 0.3) is 0 Å². The second-order valence-electron chi connectivity index (χ2n) is 3.97. The van der Waals surface area contributed by atoms with Crippen molar-refractivity contribution in [2.45, 2.75) is 6.54 Å². The van der Waals surface area contributed by atoms with Crippen LogP contribution in [0.3, 0.4) is 0 Å². The lowest BCUT2D eigenvalue weighted by Crippen LogP contribution is -2.29. The van der Waals surface area contributed by atoms with Gasteiger partial charge in [0.15, 0.2) is 23.3 Å². The molecular formula is C12H15F5N2O. The lowest BCUT2D eigenvalue weighted by Gasteiger charge is -2.10. The highest BCUT2D eigenvalue weighted by Gasteiger charge is 2.24. The first kappa shape index (κ1) is 16.8. The van der Waals surface area contributed by atoms with Crippen LogP contribution in [0.5, 0.6) is 0 Å². The molecule has 1 aromatic rings. The number of hydrogen-bond donors (Lipinski definition) is 2. The van der Waals surface area contributed by atoms with E-state index < -0.39 is 41.2 Å². The molecule has 0 heterocycles. The van der Waals surface area contributed by atoms with Crippen LogP contribution in [0.2, 0.25) is 0 Å². The molecule has 0 fully saturated rings. The lowest BCUT2D eigenvalue weighted by molar-refractivity contribution is 0.199. The molecule has 0 aliphatic carbocycles. The fourth-order valence-electron chi connectivity index (χ4n) is 1.49. The zero-order chi connectivity index (χ0) is 15.1. The standard InChI is InChI=1S/C12H15F5N2O/c1-20-5-4-18-2-3-19-6-7-8(13)10(15)12(17)11(16)9(7)14/h18-19H,2-6H2,1H3. The second kappa shape index (κ2) is 8.13. The van der Waals surface area contributed by atoms with E-state index in [9.17, 15) is 22.0 Å². The first-order chi connectivity index (χ1) is 9.50. The van der Waals surface area contributed by atoms with Gasteiger partial charge < -0.3 is 15.4 Å². The van der Waals surface area contributed by atoms with Gasteiger partial charge in [0.2, 0.25) is 5.82 Å².